The highest BCUT2D eigenvalue weighted by atomic mass is 32.2. The molecule has 0 bridgehead atoms. The third-order valence-corrected chi connectivity index (χ3v) is 7.37. The van der Waals surface area contributed by atoms with Crippen LogP contribution in [0.3, 0.4) is 0 Å². The van der Waals surface area contributed by atoms with E-state index in [1.807, 2.05) is 20.8 Å². The zero-order valence-electron chi connectivity index (χ0n) is 17.5. The van der Waals surface area contributed by atoms with Crippen molar-refractivity contribution in [3.05, 3.63) is 29.8 Å². The van der Waals surface area contributed by atoms with Gasteiger partial charge >= 0.3 is 0 Å². The predicted molar refractivity (Wildman–Crippen MR) is 111 cm³/mol. The van der Waals surface area contributed by atoms with Crippen molar-refractivity contribution >= 4 is 21.6 Å². The molecule has 1 aromatic carbocycles. The number of sulfonamides is 1. The number of hydrogen-bond acceptors (Lipinski definition) is 4. The van der Waals surface area contributed by atoms with Crippen molar-refractivity contribution in [2.45, 2.75) is 51.0 Å². The molecule has 28 heavy (non-hydrogen) atoms. The van der Waals surface area contributed by atoms with Gasteiger partial charge in [0.15, 0.2) is 0 Å². The normalized spacial score (nSPS) is 21.2. The summed E-state index contributed by atoms with van der Waals surface area (Å²) < 4.78 is 27.3. The molecule has 1 heterocycles. The smallest absolute Gasteiger partial charge is 0.271 e. The molecule has 1 aliphatic heterocycles. The van der Waals surface area contributed by atoms with Gasteiger partial charge in [0.25, 0.3) is 5.91 Å². The Morgan fingerprint density at radius 1 is 1.25 bits per heavy atom. The highest BCUT2D eigenvalue weighted by Gasteiger charge is 2.31. The molecular weight excluding hydrogens is 376 g/mol. The molecule has 0 aliphatic carbocycles. The number of benzene rings is 1. The standard InChI is InChI=1S/C20H32N4O3S/c1-6-19(15(2)3)21-22-20(25)16-7-9-18(10-8-16)28(26,27)24(5)17-11-13-23(4)14-12-17/h7-10,15,17H,6,11-14H2,1-5H3,(H,22,25)/p+1/b21-19-. The first-order valence-electron chi connectivity index (χ1n) is 9.93. The summed E-state index contributed by atoms with van der Waals surface area (Å²) in [6.45, 7) is 7.99. The van der Waals surface area contributed by atoms with Crippen molar-refractivity contribution < 1.29 is 18.1 Å². The quantitative estimate of drug-likeness (QED) is 0.523. The van der Waals surface area contributed by atoms with Gasteiger partial charge in [0.1, 0.15) is 0 Å². The van der Waals surface area contributed by atoms with Gasteiger partial charge in [-0.05, 0) is 36.6 Å². The summed E-state index contributed by atoms with van der Waals surface area (Å²) in [6.07, 6.45) is 2.48. The largest absolute Gasteiger partial charge is 0.337 e. The Balaban J connectivity index is 2.09. The Morgan fingerprint density at radius 2 is 1.82 bits per heavy atom. The van der Waals surface area contributed by atoms with Crippen LogP contribution in [0.2, 0.25) is 0 Å². The van der Waals surface area contributed by atoms with E-state index in [1.54, 1.807) is 7.05 Å². The number of likely N-dealkylation sites (tertiary alicyclic amines) is 1. The average molecular weight is 410 g/mol. The highest BCUT2D eigenvalue weighted by molar-refractivity contribution is 7.89. The van der Waals surface area contributed by atoms with Gasteiger partial charge in [0, 0.05) is 37.2 Å². The molecule has 0 spiro atoms. The molecule has 8 heteroatoms. The number of hydrazone groups is 1. The monoisotopic (exact) mass is 409 g/mol. The molecule has 1 amide bonds. The van der Waals surface area contributed by atoms with Crippen LogP contribution in [0.5, 0.6) is 0 Å². The topological polar surface area (TPSA) is 83.3 Å². The minimum absolute atomic E-state index is 0.0227. The number of carbonyl (C=O) groups is 1. The van der Waals surface area contributed by atoms with E-state index in [-0.39, 0.29) is 22.8 Å². The molecule has 0 radical (unpaired) electrons. The van der Waals surface area contributed by atoms with E-state index in [2.05, 4.69) is 17.6 Å². The SMILES string of the molecule is CC/C(=N/NC(=O)c1ccc(S(=O)(=O)N(C)C2CC[NH+](C)CC2)cc1)C(C)C. The maximum atomic E-state index is 12.9. The van der Waals surface area contributed by atoms with Gasteiger partial charge in [-0.3, -0.25) is 4.79 Å². The molecule has 156 valence electrons. The fraction of sp³-hybridized carbons (Fsp3) is 0.600. The van der Waals surface area contributed by atoms with E-state index < -0.39 is 10.0 Å². The summed E-state index contributed by atoms with van der Waals surface area (Å²) in [5.74, 6) is -0.0864. The van der Waals surface area contributed by atoms with Crippen LogP contribution in [-0.2, 0) is 10.0 Å². The van der Waals surface area contributed by atoms with Crippen LogP contribution in [0.25, 0.3) is 0 Å². The molecule has 7 nitrogen and oxygen atoms in total. The van der Waals surface area contributed by atoms with Gasteiger partial charge in [0.05, 0.1) is 25.0 Å². The van der Waals surface area contributed by atoms with Gasteiger partial charge in [-0.2, -0.15) is 9.41 Å². The van der Waals surface area contributed by atoms with Crippen LogP contribution < -0.4 is 10.3 Å². The number of nitrogens with one attached hydrogen (secondary N) is 2. The Hall–Kier alpha value is -1.77. The van der Waals surface area contributed by atoms with Gasteiger partial charge in [-0.15, -0.1) is 0 Å². The fourth-order valence-electron chi connectivity index (χ4n) is 3.40. The van der Waals surface area contributed by atoms with Gasteiger partial charge < -0.3 is 4.90 Å². The van der Waals surface area contributed by atoms with E-state index in [4.69, 9.17) is 0 Å². The minimum Gasteiger partial charge on any atom is -0.337 e. The lowest BCUT2D eigenvalue weighted by Gasteiger charge is -2.32. The molecule has 0 unspecified atom stereocenters. The maximum absolute atomic E-state index is 12.9. The first-order valence-corrected chi connectivity index (χ1v) is 11.4. The molecule has 1 aromatic rings. The first kappa shape index (κ1) is 22.5. The van der Waals surface area contributed by atoms with Crippen LogP contribution in [0.15, 0.2) is 34.3 Å². The van der Waals surface area contributed by atoms with E-state index in [0.717, 1.165) is 38.1 Å². The number of carbonyl (C=O) groups excluding carboxylic acids is 1. The van der Waals surface area contributed by atoms with E-state index in [1.165, 1.54) is 33.5 Å². The zero-order valence-corrected chi connectivity index (χ0v) is 18.3. The zero-order chi connectivity index (χ0) is 20.9. The van der Waals surface area contributed by atoms with Gasteiger partial charge in [-0.1, -0.05) is 20.8 Å². The van der Waals surface area contributed by atoms with Gasteiger partial charge in [0.2, 0.25) is 10.0 Å². The Labute approximate surface area is 168 Å². The summed E-state index contributed by atoms with van der Waals surface area (Å²) in [4.78, 5) is 13.9. The van der Waals surface area contributed by atoms with Crippen molar-refractivity contribution in [3.8, 4) is 0 Å². The molecule has 0 saturated carbocycles. The number of nitrogens with zero attached hydrogens (tertiary/aromatic N) is 2. The number of quaternary nitrogens is 1. The minimum atomic E-state index is -3.57. The maximum Gasteiger partial charge on any atom is 0.271 e. The molecular formula is C20H33N4O3S+. The van der Waals surface area contributed by atoms with Crippen molar-refractivity contribution in [1.82, 2.24) is 9.73 Å². The second kappa shape index (κ2) is 9.62. The first-order chi connectivity index (χ1) is 13.2. The summed E-state index contributed by atoms with van der Waals surface area (Å²) in [7, 11) is 0.200. The second-order valence-electron chi connectivity index (χ2n) is 7.79. The Morgan fingerprint density at radius 3 is 2.32 bits per heavy atom. The molecule has 2 rings (SSSR count). The summed E-state index contributed by atoms with van der Waals surface area (Å²) in [5, 5.41) is 4.17. The average Bonchev–Trinajstić information content (AvgIpc) is 2.68. The Bertz CT molecular complexity index is 795. The lowest BCUT2D eigenvalue weighted by molar-refractivity contribution is -0.885. The summed E-state index contributed by atoms with van der Waals surface area (Å²) in [5.41, 5.74) is 3.85. The van der Waals surface area contributed by atoms with E-state index in [9.17, 15) is 13.2 Å². The van der Waals surface area contributed by atoms with Crippen LogP contribution in [0.4, 0.5) is 0 Å². The van der Waals surface area contributed by atoms with Crippen LogP contribution in [0.1, 0.15) is 50.4 Å². The fourth-order valence-corrected chi connectivity index (χ4v) is 4.82. The third-order valence-electron chi connectivity index (χ3n) is 5.45. The lowest BCUT2D eigenvalue weighted by atomic mass is 10.1. The Kier molecular flexibility index (Phi) is 7.74. The van der Waals surface area contributed by atoms with E-state index in [0.29, 0.717) is 5.56 Å². The molecule has 2 N–H and O–H groups in total. The van der Waals surface area contributed by atoms with Crippen molar-refractivity contribution in [1.29, 1.82) is 0 Å². The van der Waals surface area contributed by atoms with Crippen LogP contribution in [-0.4, -0.2) is 57.6 Å². The van der Waals surface area contributed by atoms with Crippen molar-refractivity contribution in [3.63, 3.8) is 0 Å². The number of piperidine rings is 1. The lowest BCUT2D eigenvalue weighted by Crippen LogP contribution is -3.10. The van der Waals surface area contributed by atoms with Crippen LogP contribution >= 0.6 is 0 Å². The second-order valence-corrected chi connectivity index (χ2v) is 9.78. The van der Waals surface area contributed by atoms with E-state index >= 15 is 0 Å². The third kappa shape index (κ3) is 5.40. The van der Waals surface area contributed by atoms with Crippen LogP contribution in [0, 0.1) is 5.92 Å². The summed E-state index contributed by atoms with van der Waals surface area (Å²) in [6, 6.07) is 6.08. The molecule has 1 saturated heterocycles. The van der Waals surface area contributed by atoms with Crippen molar-refractivity contribution in [2.75, 3.05) is 27.2 Å². The van der Waals surface area contributed by atoms with Gasteiger partial charge in [-0.25, -0.2) is 13.8 Å². The van der Waals surface area contributed by atoms with Crippen molar-refractivity contribution in [2.24, 2.45) is 11.0 Å². The molecule has 1 aliphatic rings. The predicted octanol–water partition coefficient (Wildman–Crippen LogP) is 1.14. The molecule has 1 fully saturated rings. The highest BCUT2D eigenvalue weighted by Crippen LogP contribution is 2.20. The molecule has 0 atom stereocenters. The molecule has 0 aromatic heterocycles. The number of hydrogen-bond donors (Lipinski definition) is 2. The number of amides is 1. The summed E-state index contributed by atoms with van der Waals surface area (Å²) >= 11 is 0. The number of rotatable bonds is 7.